The third-order valence-electron chi connectivity index (χ3n) is 3.89. The van der Waals surface area contributed by atoms with Crippen LogP contribution in [0.3, 0.4) is 0 Å². The molecule has 1 aromatic carbocycles. The predicted molar refractivity (Wildman–Crippen MR) is 87.0 cm³/mol. The van der Waals surface area contributed by atoms with Crippen LogP contribution in [0.1, 0.15) is 28.6 Å². The molecule has 0 saturated carbocycles. The molecule has 0 bridgehead atoms. The molecule has 0 spiro atoms. The van der Waals surface area contributed by atoms with Gasteiger partial charge in [-0.15, -0.1) is 0 Å². The maximum absolute atomic E-state index is 13.2. The summed E-state index contributed by atoms with van der Waals surface area (Å²) in [6.45, 7) is 6.08. The minimum Gasteiger partial charge on any atom is -0.387 e. The average molecular weight is 314 g/mol. The van der Waals surface area contributed by atoms with Crippen LogP contribution in [-0.4, -0.2) is 26.2 Å². The molecule has 3 rings (SSSR count). The van der Waals surface area contributed by atoms with E-state index in [1.54, 1.807) is 16.6 Å². The third kappa shape index (κ3) is 3.03. The van der Waals surface area contributed by atoms with Crippen molar-refractivity contribution in [2.24, 2.45) is 0 Å². The summed E-state index contributed by atoms with van der Waals surface area (Å²) in [7, 11) is 0. The number of fused-ring (bicyclic) bond motifs is 1. The first-order valence-electron chi connectivity index (χ1n) is 7.46. The lowest BCUT2D eigenvalue weighted by atomic mass is 10.1. The Hall–Kier alpha value is -2.47. The number of anilines is 1. The highest BCUT2D eigenvalue weighted by atomic mass is 19.1. The van der Waals surface area contributed by atoms with E-state index in [1.807, 2.05) is 26.8 Å². The molecule has 2 heterocycles. The fraction of sp³-hybridized carbons (Fsp3) is 0.294. The first-order chi connectivity index (χ1) is 11.0. The van der Waals surface area contributed by atoms with Crippen molar-refractivity contribution < 1.29 is 9.50 Å². The number of hydrogen-bond donors (Lipinski definition) is 2. The van der Waals surface area contributed by atoms with E-state index in [2.05, 4.69) is 15.4 Å². The van der Waals surface area contributed by atoms with Gasteiger partial charge in [-0.05, 0) is 38.5 Å². The van der Waals surface area contributed by atoms with Gasteiger partial charge in [-0.2, -0.15) is 9.61 Å². The Morgan fingerprint density at radius 2 is 2.04 bits per heavy atom. The fourth-order valence-electron chi connectivity index (χ4n) is 2.51. The van der Waals surface area contributed by atoms with E-state index in [9.17, 15) is 9.50 Å². The van der Waals surface area contributed by atoms with Gasteiger partial charge in [0.1, 0.15) is 11.6 Å². The molecule has 0 aliphatic carbocycles. The van der Waals surface area contributed by atoms with Crippen LogP contribution in [0, 0.1) is 26.6 Å². The molecule has 23 heavy (non-hydrogen) atoms. The van der Waals surface area contributed by atoms with Crippen LogP contribution in [-0.2, 0) is 0 Å². The molecule has 2 aromatic heterocycles. The molecule has 120 valence electrons. The van der Waals surface area contributed by atoms with Gasteiger partial charge in [0, 0.05) is 23.9 Å². The molecule has 1 atom stereocenters. The summed E-state index contributed by atoms with van der Waals surface area (Å²) < 4.78 is 15.0. The maximum atomic E-state index is 13.2. The monoisotopic (exact) mass is 314 g/mol. The molecular formula is C17H19FN4O. The van der Waals surface area contributed by atoms with Crippen LogP contribution in [0.5, 0.6) is 0 Å². The van der Waals surface area contributed by atoms with Crippen LogP contribution in [0.25, 0.3) is 5.65 Å². The van der Waals surface area contributed by atoms with Gasteiger partial charge in [0.05, 0.1) is 11.8 Å². The van der Waals surface area contributed by atoms with Crippen molar-refractivity contribution in [2.45, 2.75) is 26.9 Å². The largest absolute Gasteiger partial charge is 0.387 e. The number of aryl methyl sites for hydroxylation is 3. The first-order valence-corrected chi connectivity index (χ1v) is 7.46. The number of halogens is 1. The highest BCUT2D eigenvalue weighted by Crippen LogP contribution is 2.20. The highest BCUT2D eigenvalue weighted by Gasteiger charge is 2.13. The standard InChI is InChI=1S/C17H19FN4O/c1-10-7-16(22-17(20-10)11(2)12(3)21-22)19-9-15(23)13-5-4-6-14(18)8-13/h4-8,15,19,23H,9H2,1-3H3. The summed E-state index contributed by atoms with van der Waals surface area (Å²) in [6.07, 6.45) is -0.813. The van der Waals surface area contributed by atoms with Crippen LogP contribution in [0.4, 0.5) is 10.2 Å². The summed E-state index contributed by atoms with van der Waals surface area (Å²) in [5.74, 6) is 0.390. The summed E-state index contributed by atoms with van der Waals surface area (Å²) in [6, 6.07) is 7.85. The zero-order chi connectivity index (χ0) is 16.6. The lowest BCUT2D eigenvalue weighted by Gasteiger charge is -2.14. The number of aliphatic hydroxyl groups excluding tert-OH is 1. The molecule has 6 heteroatoms. The fourth-order valence-corrected chi connectivity index (χ4v) is 2.51. The topological polar surface area (TPSA) is 62.5 Å². The van der Waals surface area contributed by atoms with Crippen LogP contribution < -0.4 is 5.32 Å². The Bertz CT molecular complexity index is 859. The number of aromatic nitrogens is 3. The highest BCUT2D eigenvalue weighted by molar-refractivity contribution is 5.55. The molecule has 0 saturated heterocycles. The van der Waals surface area contributed by atoms with E-state index in [0.29, 0.717) is 5.56 Å². The lowest BCUT2D eigenvalue weighted by molar-refractivity contribution is 0.191. The first kappa shape index (κ1) is 15.4. The molecule has 0 amide bonds. The van der Waals surface area contributed by atoms with Crippen molar-refractivity contribution >= 4 is 11.5 Å². The molecule has 3 aromatic rings. The zero-order valence-electron chi connectivity index (χ0n) is 13.3. The van der Waals surface area contributed by atoms with Crippen molar-refractivity contribution in [2.75, 3.05) is 11.9 Å². The van der Waals surface area contributed by atoms with Gasteiger partial charge in [0.25, 0.3) is 0 Å². The molecule has 5 nitrogen and oxygen atoms in total. The molecule has 0 radical (unpaired) electrons. The van der Waals surface area contributed by atoms with Crippen molar-refractivity contribution in [3.63, 3.8) is 0 Å². The smallest absolute Gasteiger partial charge is 0.160 e. The van der Waals surface area contributed by atoms with Crippen LogP contribution in [0.15, 0.2) is 30.3 Å². The van der Waals surface area contributed by atoms with Gasteiger partial charge in [-0.25, -0.2) is 9.37 Å². The summed E-state index contributed by atoms with van der Waals surface area (Å²) in [5, 5.41) is 17.9. The quantitative estimate of drug-likeness (QED) is 0.777. The Morgan fingerprint density at radius 1 is 1.26 bits per heavy atom. The Balaban J connectivity index is 1.86. The second-order valence-electron chi connectivity index (χ2n) is 5.68. The number of nitrogens with one attached hydrogen (secondary N) is 1. The number of benzene rings is 1. The van der Waals surface area contributed by atoms with E-state index < -0.39 is 6.10 Å². The van der Waals surface area contributed by atoms with E-state index in [-0.39, 0.29) is 12.4 Å². The maximum Gasteiger partial charge on any atom is 0.160 e. The molecule has 0 aliphatic heterocycles. The normalized spacial score (nSPS) is 12.6. The van der Waals surface area contributed by atoms with Gasteiger partial charge in [-0.3, -0.25) is 0 Å². The van der Waals surface area contributed by atoms with Crippen molar-refractivity contribution in [3.8, 4) is 0 Å². The minimum absolute atomic E-state index is 0.250. The Labute approximate surface area is 133 Å². The van der Waals surface area contributed by atoms with Crippen molar-refractivity contribution in [3.05, 3.63) is 58.7 Å². The van der Waals surface area contributed by atoms with Gasteiger partial charge < -0.3 is 10.4 Å². The number of nitrogens with zero attached hydrogens (tertiary/aromatic N) is 3. The predicted octanol–water partition coefficient (Wildman–Crippen LogP) is 2.94. The zero-order valence-corrected chi connectivity index (χ0v) is 13.3. The van der Waals surface area contributed by atoms with Gasteiger partial charge in [0.2, 0.25) is 0 Å². The van der Waals surface area contributed by atoms with E-state index >= 15 is 0 Å². The molecule has 0 fully saturated rings. The number of aliphatic hydroxyl groups is 1. The minimum atomic E-state index is -0.813. The SMILES string of the molecule is Cc1cc(NCC(O)c2cccc(F)c2)n2nc(C)c(C)c2n1. The molecule has 2 N–H and O–H groups in total. The second-order valence-corrected chi connectivity index (χ2v) is 5.68. The van der Waals surface area contributed by atoms with E-state index in [4.69, 9.17) is 0 Å². The van der Waals surface area contributed by atoms with E-state index in [1.165, 1.54) is 12.1 Å². The van der Waals surface area contributed by atoms with Gasteiger partial charge >= 0.3 is 0 Å². The Morgan fingerprint density at radius 3 is 2.78 bits per heavy atom. The Kier molecular flexibility index (Phi) is 4.00. The lowest BCUT2D eigenvalue weighted by Crippen LogP contribution is -2.15. The second kappa shape index (κ2) is 5.96. The molecule has 0 aliphatic rings. The van der Waals surface area contributed by atoms with Gasteiger partial charge in [0.15, 0.2) is 5.65 Å². The summed E-state index contributed by atoms with van der Waals surface area (Å²) >= 11 is 0. The molecular weight excluding hydrogens is 295 g/mol. The van der Waals surface area contributed by atoms with Crippen molar-refractivity contribution in [1.29, 1.82) is 0 Å². The molecule has 1 unspecified atom stereocenters. The van der Waals surface area contributed by atoms with Crippen LogP contribution in [0.2, 0.25) is 0 Å². The number of hydrogen-bond acceptors (Lipinski definition) is 4. The van der Waals surface area contributed by atoms with Crippen molar-refractivity contribution in [1.82, 2.24) is 14.6 Å². The van der Waals surface area contributed by atoms with Gasteiger partial charge in [-0.1, -0.05) is 12.1 Å². The summed E-state index contributed by atoms with van der Waals surface area (Å²) in [5.41, 5.74) is 4.14. The number of rotatable bonds is 4. The average Bonchev–Trinajstić information content (AvgIpc) is 2.80. The van der Waals surface area contributed by atoms with E-state index in [0.717, 1.165) is 28.4 Å². The van der Waals surface area contributed by atoms with Crippen LogP contribution >= 0.6 is 0 Å². The summed E-state index contributed by atoms with van der Waals surface area (Å²) in [4.78, 5) is 4.50. The third-order valence-corrected chi connectivity index (χ3v) is 3.89.